The number of alkyl halides is 3. The van der Waals surface area contributed by atoms with Gasteiger partial charge in [0.05, 0.1) is 18.1 Å². The van der Waals surface area contributed by atoms with Crippen LogP contribution in [0.1, 0.15) is 16.1 Å². The molecule has 3 rings (SSSR count). The summed E-state index contributed by atoms with van der Waals surface area (Å²) in [7, 11) is 1.45. The highest BCUT2D eigenvalue weighted by molar-refractivity contribution is 6.04. The summed E-state index contributed by atoms with van der Waals surface area (Å²) < 4.78 is 48.3. The second-order valence-corrected chi connectivity index (χ2v) is 5.38. The summed E-state index contributed by atoms with van der Waals surface area (Å²) in [5, 5.41) is 2.95. The maximum absolute atomic E-state index is 12.7. The van der Waals surface area contributed by atoms with Crippen LogP contribution in [0.4, 0.5) is 18.9 Å². The number of carbonyl (C=O) groups is 1. The highest BCUT2D eigenvalue weighted by Gasteiger charge is 2.30. The smallest absolute Gasteiger partial charge is 0.416 e. The Morgan fingerprint density at radius 2 is 1.88 bits per heavy atom. The topological polar surface area (TPSA) is 68.5 Å². The standard InChI is InChI=1S/C18H12F3NO4/c1-25-13-5-6-14-10(7-13)8-15(26-17(14)24)16(23)22-12-4-2-3-11(9-12)18(19,20)21/h2-9H,1H3,(H,22,23). The lowest BCUT2D eigenvalue weighted by molar-refractivity contribution is -0.137. The number of hydrogen-bond donors (Lipinski definition) is 1. The van der Waals surface area contributed by atoms with Crippen molar-refractivity contribution in [2.24, 2.45) is 0 Å². The molecule has 0 unspecified atom stereocenters. The van der Waals surface area contributed by atoms with Crippen LogP contribution < -0.4 is 15.7 Å². The number of carbonyl (C=O) groups excluding carboxylic acids is 1. The van der Waals surface area contributed by atoms with E-state index in [4.69, 9.17) is 9.15 Å². The highest BCUT2D eigenvalue weighted by Crippen LogP contribution is 2.30. The molecule has 134 valence electrons. The van der Waals surface area contributed by atoms with Crippen LogP contribution in [-0.4, -0.2) is 13.0 Å². The second kappa shape index (κ2) is 6.55. The molecule has 1 amide bonds. The minimum absolute atomic E-state index is 0.0711. The van der Waals surface area contributed by atoms with Gasteiger partial charge in [-0.15, -0.1) is 0 Å². The highest BCUT2D eigenvalue weighted by atomic mass is 19.4. The number of nitrogens with one attached hydrogen (secondary N) is 1. The first-order chi connectivity index (χ1) is 12.3. The molecule has 0 saturated carbocycles. The second-order valence-electron chi connectivity index (χ2n) is 5.38. The number of fused-ring (bicyclic) bond motifs is 1. The number of anilines is 1. The Bertz CT molecular complexity index is 1040. The van der Waals surface area contributed by atoms with Gasteiger partial charge in [-0.3, -0.25) is 4.79 Å². The molecule has 0 atom stereocenters. The molecule has 0 saturated heterocycles. The number of amides is 1. The molecule has 0 aliphatic carbocycles. The SMILES string of the molecule is COc1ccc2c(=O)oc(C(=O)Nc3cccc(C(F)(F)F)c3)cc2c1. The van der Waals surface area contributed by atoms with Gasteiger partial charge in [-0.05, 0) is 47.9 Å². The minimum Gasteiger partial charge on any atom is -0.497 e. The number of methoxy groups -OCH3 is 1. The molecule has 5 nitrogen and oxygen atoms in total. The quantitative estimate of drug-likeness (QED) is 0.762. The summed E-state index contributed by atoms with van der Waals surface area (Å²) in [5.74, 6) is -0.688. The monoisotopic (exact) mass is 363 g/mol. The lowest BCUT2D eigenvalue weighted by Gasteiger charge is -2.10. The van der Waals surface area contributed by atoms with Gasteiger partial charge in [-0.1, -0.05) is 6.07 Å². The summed E-state index contributed by atoms with van der Waals surface area (Å²) in [6.07, 6.45) is -4.53. The van der Waals surface area contributed by atoms with E-state index in [0.29, 0.717) is 11.1 Å². The van der Waals surface area contributed by atoms with Gasteiger partial charge in [0.2, 0.25) is 0 Å². The molecule has 0 fully saturated rings. The zero-order valence-corrected chi connectivity index (χ0v) is 13.4. The molecule has 2 aromatic carbocycles. The van der Waals surface area contributed by atoms with E-state index >= 15 is 0 Å². The lowest BCUT2D eigenvalue weighted by atomic mass is 10.1. The summed E-state index contributed by atoms with van der Waals surface area (Å²) >= 11 is 0. The number of ether oxygens (including phenoxy) is 1. The molecular formula is C18H12F3NO4. The normalized spacial score (nSPS) is 11.4. The lowest BCUT2D eigenvalue weighted by Crippen LogP contribution is -2.15. The maximum Gasteiger partial charge on any atom is 0.416 e. The van der Waals surface area contributed by atoms with E-state index in [-0.39, 0.29) is 16.8 Å². The van der Waals surface area contributed by atoms with Crippen molar-refractivity contribution < 1.29 is 27.1 Å². The summed E-state index contributed by atoms with van der Waals surface area (Å²) in [6, 6.07) is 10.1. The number of rotatable bonds is 3. The van der Waals surface area contributed by atoms with Gasteiger partial charge in [0.15, 0.2) is 5.76 Å². The molecule has 1 heterocycles. The zero-order chi connectivity index (χ0) is 18.9. The van der Waals surface area contributed by atoms with E-state index < -0.39 is 23.3 Å². The maximum atomic E-state index is 12.7. The van der Waals surface area contributed by atoms with Crippen LogP contribution in [0.5, 0.6) is 5.75 Å². The molecule has 26 heavy (non-hydrogen) atoms. The molecule has 0 spiro atoms. The van der Waals surface area contributed by atoms with Crippen molar-refractivity contribution >= 4 is 22.4 Å². The molecule has 8 heteroatoms. The largest absolute Gasteiger partial charge is 0.497 e. The molecule has 0 aliphatic rings. The molecule has 1 aromatic heterocycles. The molecule has 0 aliphatic heterocycles. The van der Waals surface area contributed by atoms with Crippen molar-refractivity contribution in [2.75, 3.05) is 12.4 Å². The Balaban J connectivity index is 1.94. The molecule has 3 aromatic rings. The van der Waals surface area contributed by atoms with E-state index in [0.717, 1.165) is 12.1 Å². The van der Waals surface area contributed by atoms with Crippen molar-refractivity contribution in [3.63, 3.8) is 0 Å². The fraction of sp³-hybridized carbons (Fsp3) is 0.111. The van der Waals surface area contributed by atoms with Crippen molar-refractivity contribution in [1.82, 2.24) is 0 Å². The van der Waals surface area contributed by atoms with Crippen molar-refractivity contribution in [2.45, 2.75) is 6.18 Å². The first kappa shape index (κ1) is 17.5. The van der Waals surface area contributed by atoms with Crippen LogP contribution in [-0.2, 0) is 6.18 Å². The van der Waals surface area contributed by atoms with E-state index in [1.54, 1.807) is 12.1 Å². The van der Waals surface area contributed by atoms with Crippen LogP contribution in [0.2, 0.25) is 0 Å². The number of benzene rings is 2. The van der Waals surface area contributed by atoms with Crippen molar-refractivity contribution in [1.29, 1.82) is 0 Å². The van der Waals surface area contributed by atoms with Gasteiger partial charge in [-0.25, -0.2) is 4.79 Å². The first-order valence-corrected chi connectivity index (χ1v) is 7.38. The molecule has 0 bridgehead atoms. The third kappa shape index (κ3) is 3.53. The van der Waals surface area contributed by atoms with Gasteiger partial charge in [0.1, 0.15) is 5.75 Å². The Labute approximate surface area is 145 Å². The van der Waals surface area contributed by atoms with Gasteiger partial charge in [0, 0.05) is 5.69 Å². The van der Waals surface area contributed by atoms with Crippen molar-refractivity contribution in [3.8, 4) is 5.75 Å². The average Bonchev–Trinajstić information content (AvgIpc) is 2.60. The van der Waals surface area contributed by atoms with Crippen LogP contribution in [0, 0.1) is 0 Å². The van der Waals surface area contributed by atoms with Gasteiger partial charge < -0.3 is 14.5 Å². The van der Waals surface area contributed by atoms with Gasteiger partial charge >= 0.3 is 11.8 Å². The summed E-state index contributed by atoms with van der Waals surface area (Å²) in [6.45, 7) is 0. The van der Waals surface area contributed by atoms with Crippen LogP contribution >= 0.6 is 0 Å². The predicted octanol–water partition coefficient (Wildman–Crippen LogP) is 4.07. The van der Waals surface area contributed by atoms with E-state index in [9.17, 15) is 22.8 Å². The van der Waals surface area contributed by atoms with E-state index in [1.165, 1.54) is 31.4 Å². The first-order valence-electron chi connectivity index (χ1n) is 7.38. The zero-order valence-electron chi connectivity index (χ0n) is 13.4. The average molecular weight is 363 g/mol. The molecule has 0 radical (unpaired) electrons. The molecule has 1 N–H and O–H groups in total. The van der Waals surface area contributed by atoms with Gasteiger partial charge in [-0.2, -0.15) is 13.2 Å². The van der Waals surface area contributed by atoms with E-state index in [1.807, 2.05) is 0 Å². The Kier molecular flexibility index (Phi) is 4.41. The van der Waals surface area contributed by atoms with Crippen LogP contribution in [0.15, 0.2) is 57.7 Å². The van der Waals surface area contributed by atoms with Crippen LogP contribution in [0.25, 0.3) is 10.8 Å². The van der Waals surface area contributed by atoms with Crippen LogP contribution in [0.3, 0.4) is 0 Å². The van der Waals surface area contributed by atoms with E-state index in [2.05, 4.69) is 5.32 Å². The summed E-state index contributed by atoms with van der Waals surface area (Å²) in [4.78, 5) is 24.3. The third-order valence-corrected chi connectivity index (χ3v) is 3.64. The van der Waals surface area contributed by atoms with Gasteiger partial charge in [0.25, 0.3) is 5.91 Å². The number of hydrogen-bond acceptors (Lipinski definition) is 4. The van der Waals surface area contributed by atoms with Crippen molar-refractivity contribution in [3.05, 3.63) is 70.3 Å². The minimum atomic E-state index is -4.53. The third-order valence-electron chi connectivity index (χ3n) is 3.64. The Morgan fingerprint density at radius 1 is 1.12 bits per heavy atom. The fourth-order valence-electron chi connectivity index (χ4n) is 2.38. The number of halogens is 3. The Hall–Kier alpha value is -3.29. The summed E-state index contributed by atoms with van der Waals surface area (Å²) in [5.41, 5.74) is -1.71. The predicted molar refractivity (Wildman–Crippen MR) is 88.4 cm³/mol. The Morgan fingerprint density at radius 3 is 2.58 bits per heavy atom. The molecular weight excluding hydrogens is 351 g/mol. The fourth-order valence-corrected chi connectivity index (χ4v) is 2.38.